The highest BCUT2D eigenvalue weighted by atomic mass is 16.2. The van der Waals surface area contributed by atoms with E-state index in [1.54, 1.807) is 16.9 Å². The molecule has 3 aliphatic rings. The number of carbonyl (C=O) groups excluding carboxylic acids is 2. The van der Waals surface area contributed by atoms with Crippen molar-refractivity contribution in [1.82, 2.24) is 30.2 Å². The van der Waals surface area contributed by atoms with E-state index in [0.29, 0.717) is 30.0 Å². The van der Waals surface area contributed by atoms with Crippen molar-refractivity contribution in [3.05, 3.63) is 53.6 Å². The van der Waals surface area contributed by atoms with Gasteiger partial charge in [0.15, 0.2) is 0 Å². The van der Waals surface area contributed by atoms with E-state index in [0.717, 1.165) is 67.0 Å². The van der Waals surface area contributed by atoms with Gasteiger partial charge < -0.3 is 15.5 Å². The summed E-state index contributed by atoms with van der Waals surface area (Å²) in [6, 6.07) is 9.04. The van der Waals surface area contributed by atoms with Crippen LogP contribution in [0.1, 0.15) is 47.6 Å². The lowest BCUT2D eigenvalue weighted by atomic mass is 9.88. The number of rotatable bonds is 10. The predicted molar refractivity (Wildman–Crippen MR) is 146 cm³/mol. The number of carbonyl (C=O) groups is 2. The number of aromatic amines is 1. The first kappa shape index (κ1) is 24.9. The minimum atomic E-state index is -0.571. The van der Waals surface area contributed by atoms with Crippen molar-refractivity contribution in [2.45, 2.75) is 52.1 Å². The average Bonchev–Trinajstić information content (AvgIpc) is 3.81. The van der Waals surface area contributed by atoms with E-state index in [9.17, 15) is 9.59 Å². The van der Waals surface area contributed by atoms with Gasteiger partial charge in [-0.2, -0.15) is 10.2 Å². The third-order valence-corrected chi connectivity index (χ3v) is 8.38. The minimum Gasteiger partial charge on any atom is -0.339 e. The maximum atomic E-state index is 13.7. The highest BCUT2D eigenvalue weighted by molar-refractivity contribution is 6.01. The normalized spacial score (nSPS) is 18.8. The first-order chi connectivity index (χ1) is 18.4. The van der Waals surface area contributed by atoms with Crippen LogP contribution in [0.4, 0.5) is 5.69 Å². The maximum absolute atomic E-state index is 13.7. The Labute approximate surface area is 223 Å². The van der Waals surface area contributed by atoms with Crippen LogP contribution in [0.5, 0.6) is 0 Å². The van der Waals surface area contributed by atoms with Crippen LogP contribution >= 0.6 is 0 Å². The monoisotopic (exact) mass is 515 g/mol. The standard InChI is InChI=1S/C29H37N7O2/c1-17-25(18(2)34-33-17)20-8-10-23(11-9-20)31-29(38)27(26(21-4-5-21)22-6-7-22)32-28(37)24-12-13-30-36(24)16-19-14-35(3)15-19/h8-13,19,21-22,26-27H,4-7,14-16H2,1-3H3,(H,31,38)(H,32,37)(H,33,34)/t27-/m0/s1. The number of aromatic nitrogens is 4. The van der Waals surface area contributed by atoms with E-state index >= 15 is 0 Å². The summed E-state index contributed by atoms with van der Waals surface area (Å²) < 4.78 is 1.80. The molecule has 3 heterocycles. The van der Waals surface area contributed by atoms with Gasteiger partial charge in [-0.3, -0.25) is 19.4 Å². The summed E-state index contributed by atoms with van der Waals surface area (Å²) in [6.07, 6.45) is 6.20. The van der Waals surface area contributed by atoms with Crippen molar-refractivity contribution in [1.29, 1.82) is 0 Å². The Morgan fingerprint density at radius 3 is 2.32 bits per heavy atom. The van der Waals surface area contributed by atoms with Gasteiger partial charge in [0.25, 0.3) is 5.91 Å². The smallest absolute Gasteiger partial charge is 0.270 e. The Morgan fingerprint density at radius 1 is 1.05 bits per heavy atom. The number of amides is 2. The highest BCUT2D eigenvalue weighted by Crippen LogP contribution is 2.51. The Morgan fingerprint density at radius 2 is 1.74 bits per heavy atom. The molecular weight excluding hydrogens is 478 g/mol. The number of H-pyrrole nitrogens is 1. The minimum absolute atomic E-state index is 0.141. The molecule has 9 nitrogen and oxygen atoms in total. The number of benzene rings is 1. The molecule has 1 aromatic carbocycles. The number of hydrogen-bond acceptors (Lipinski definition) is 5. The van der Waals surface area contributed by atoms with Crippen LogP contribution < -0.4 is 10.6 Å². The molecule has 1 atom stereocenters. The highest BCUT2D eigenvalue weighted by Gasteiger charge is 2.48. The van der Waals surface area contributed by atoms with Gasteiger partial charge in [0, 0.05) is 48.7 Å². The van der Waals surface area contributed by atoms with E-state index in [4.69, 9.17) is 0 Å². The fourth-order valence-corrected chi connectivity index (χ4v) is 6.22. The Hall–Kier alpha value is -3.46. The van der Waals surface area contributed by atoms with E-state index in [2.05, 4.69) is 37.9 Å². The van der Waals surface area contributed by atoms with Gasteiger partial charge in [-0.25, -0.2) is 0 Å². The molecule has 3 fully saturated rings. The summed E-state index contributed by atoms with van der Waals surface area (Å²) in [7, 11) is 2.10. The molecule has 3 N–H and O–H groups in total. The van der Waals surface area contributed by atoms with Gasteiger partial charge in [0.05, 0.1) is 5.69 Å². The summed E-state index contributed by atoms with van der Waals surface area (Å²) in [5.41, 5.74) is 5.35. The van der Waals surface area contributed by atoms with Gasteiger partial charge in [0.1, 0.15) is 11.7 Å². The summed E-state index contributed by atoms with van der Waals surface area (Å²) >= 11 is 0. The van der Waals surface area contributed by atoms with Crippen molar-refractivity contribution in [2.24, 2.45) is 23.7 Å². The largest absolute Gasteiger partial charge is 0.339 e. The number of aryl methyl sites for hydroxylation is 2. The number of hydrogen-bond donors (Lipinski definition) is 3. The second kappa shape index (κ2) is 10.0. The van der Waals surface area contributed by atoms with E-state index in [-0.39, 0.29) is 17.7 Å². The SMILES string of the molecule is Cc1n[nH]c(C)c1-c1ccc(NC(=O)[C@@H](NC(=O)c2ccnn2CC2CN(C)C2)C(C2CC2)C2CC2)cc1. The lowest BCUT2D eigenvalue weighted by Gasteiger charge is -2.36. The van der Waals surface area contributed by atoms with Gasteiger partial charge in [-0.15, -0.1) is 0 Å². The molecule has 1 saturated heterocycles. The topological polar surface area (TPSA) is 108 Å². The average molecular weight is 516 g/mol. The first-order valence-corrected chi connectivity index (χ1v) is 13.8. The fraction of sp³-hybridized carbons (Fsp3) is 0.517. The molecule has 2 amide bonds. The molecule has 38 heavy (non-hydrogen) atoms. The van der Waals surface area contributed by atoms with Crippen LogP contribution in [0.15, 0.2) is 36.5 Å². The van der Waals surface area contributed by atoms with E-state index in [1.807, 2.05) is 38.1 Å². The fourth-order valence-electron chi connectivity index (χ4n) is 6.22. The summed E-state index contributed by atoms with van der Waals surface area (Å²) in [6.45, 7) is 6.72. The Kier molecular flexibility index (Phi) is 6.55. The zero-order valence-corrected chi connectivity index (χ0v) is 22.4. The molecule has 0 unspecified atom stereocenters. The number of nitrogens with zero attached hydrogens (tertiary/aromatic N) is 4. The van der Waals surface area contributed by atoms with Crippen molar-refractivity contribution in [2.75, 3.05) is 25.5 Å². The predicted octanol–water partition coefficient (Wildman–Crippen LogP) is 3.62. The van der Waals surface area contributed by atoms with Crippen LogP contribution in [0.3, 0.4) is 0 Å². The molecule has 0 bridgehead atoms. The molecule has 3 aromatic rings. The van der Waals surface area contributed by atoms with Crippen molar-refractivity contribution < 1.29 is 9.59 Å². The second-order valence-corrected chi connectivity index (χ2v) is 11.6. The van der Waals surface area contributed by atoms with Crippen LogP contribution in [-0.2, 0) is 11.3 Å². The number of nitrogens with one attached hydrogen (secondary N) is 3. The molecule has 1 aliphatic heterocycles. The lowest BCUT2D eigenvalue weighted by Crippen LogP contribution is -2.50. The molecule has 200 valence electrons. The second-order valence-electron chi connectivity index (χ2n) is 11.6. The van der Waals surface area contributed by atoms with Crippen LogP contribution in [0.25, 0.3) is 11.1 Å². The van der Waals surface area contributed by atoms with E-state index < -0.39 is 6.04 Å². The molecule has 9 heteroatoms. The summed E-state index contributed by atoms with van der Waals surface area (Å²) in [5, 5.41) is 18.0. The van der Waals surface area contributed by atoms with Crippen molar-refractivity contribution >= 4 is 17.5 Å². The number of anilines is 1. The van der Waals surface area contributed by atoms with E-state index in [1.165, 1.54) is 0 Å². The van der Waals surface area contributed by atoms with Gasteiger partial charge in [-0.05, 0) is 88.1 Å². The van der Waals surface area contributed by atoms with Crippen LogP contribution in [-0.4, -0.2) is 62.9 Å². The third-order valence-electron chi connectivity index (χ3n) is 8.38. The Bertz CT molecular complexity index is 1280. The lowest BCUT2D eigenvalue weighted by molar-refractivity contribution is -0.119. The van der Waals surface area contributed by atoms with Gasteiger partial charge >= 0.3 is 0 Å². The Balaban J connectivity index is 1.19. The molecule has 2 aliphatic carbocycles. The van der Waals surface area contributed by atoms with Crippen LogP contribution in [0.2, 0.25) is 0 Å². The van der Waals surface area contributed by atoms with Crippen molar-refractivity contribution in [3.8, 4) is 11.1 Å². The summed E-state index contributed by atoms with van der Waals surface area (Å²) in [5.74, 6) is 1.31. The molecule has 0 radical (unpaired) electrons. The third kappa shape index (κ3) is 5.12. The molecule has 2 saturated carbocycles. The van der Waals surface area contributed by atoms with Crippen molar-refractivity contribution in [3.63, 3.8) is 0 Å². The first-order valence-electron chi connectivity index (χ1n) is 13.8. The molecular formula is C29H37N7O2. The molecule has 6 rings (SSSR count). The molecule has 0 spiro atoms. The molecule has 2 aromatic heterocycles. The quantitative estimate of drug-likeness (QED) is 0.382. The van der Waals surface area contributed by atoms with Gasteiger partial charge in [-0.1, -0.05) is 12.1 Å². The number of likely N-dealkylation sites (tertiary alicyclic amines) is 1. The maximum Gasteiger partial charge on any atom is 0.270 e. The zero-order chi connectivity index (χ0) is 26.4. The van der Waals surface area contributed by atoms with Gasteiger partial charge in [0.2, 0.25) is 5.91 Å². The van der Waals surface area contributed by atoms with Crippen LogP contribution in [0, 0.1) is 37.5 Å². The summed E-state index contributed by atoms with van der Waals surface area (Å²) in [4.78, 5) is 29.5. The zero-order valence-electron chi connectivity index (χ0n) is 22.4.